The molecule has 0 spiro atoms. The highest BCUT2D eigenvalue weighted by molar-refractivity contribution is 7.99. The largest absolute Gasteiger partial charge is 0.478 e. The van der Waals surface area contributed by atoms with Gasteiger partial charge < -0.3 is 16.2 Å². The smallest absolute Gasteiger partial charge is 0.337 e. The second-order valence-corrected chi connectivity index (χ2v) is 6.83. The molecular weight excluding hydrogens is 296 g/mol. The molecule has 1 aliphatic rings. The van der Waals surface area contributed by atoms with Gasteiger partial charge in [0.15, 0.2) is 0 Å². The third-order valence-corrected chi connectivity index (χ3v) is 5.13. The number of hydrogen-bond donors (Lipinski definition) is 3. The fourth-order valence-corrected chi connectivity index (χ4v) is 4.11. The lowest BCUT2D eigenvalue weighted by molar-refractivity contribution is 0.0698. The predicted octanol–water partition coefficient (Wildman–Crippen LogP) is 3.71. The van der Waals surface area contributed by atoms with Crippen molar-refractivity contribution < 1.29 is 9.90 Å². The zero-order chi connectivity index (χ0) is 14.7. The zero-order valence-corrected chi connectivity index (χ0v) is 12.9. The highest BCUT2D eigenvalue weighted by Gasteiger charge is 2.29. The minimum atomic E-state index is -1.01. The molecule has 1 aliphatic carbocycles. The molecule has 6 heteroatoms. The van der Waals surface area contributed by atoms with Gasteiger partial charge in [-0.15, -0.1) is 0 Å². The van der Waals surface area contributed by atoms with E-state index in [0.717, 1.165) is 25.0 Å². The summed E-state index contributed by atoms with van der Waals surface area (Å²) >= 11 is 8.08. The summed E-state index contributed by atoms with van der Waals surface area (Å²) in [5.74, 6) is 0.0452. The van der Waals surface area contributed by atoms with Crippen molar-refractivity contribution in [3.63, 3.8) is 0 Å². The Labute approximate surface area is 128 Å². The summed E-state index contributed by atoms with van der Waals surface area (Å²) in [7, 11) is 0. The number of nitrogen functional groups attached to an aromatic ring is 1. The van der Waals surface area contributed by atoms with Crippen molar-refractivity contribution in [1.29, 1.82) is 0 Å². The van der Waals surface area contributed by atoms with Crippen LogP contribution in [0.25, 0.3) is 0 Å². The molecule has 110 valence electrons. The molecule has 2 rings (SSSR count). The Hall–Kier alpha value is -1.07. The molecule has 2 unspecified atom stereocenters. The highest BCUT2D eigenvalue weighted by Crippen LogP contribution is 2.36. The average molecular weight is 315 g/mol. The van der Waals surface area contributed by atoms with E-state index >= 15 is 0 Å². The maximum Gasteiger partial charge on any atom is 0.337 e. The number of aromatic carboxylic acids is 1. The van der Waals surface area contributed by atoms with Gasteiger partial charge in [0.2, 0.25) is 0 Å². The van der Waals surface area contributed by atoms with Gasteiger partial charge >= 0.3 is 5.97 Å². The minimum absolute atomic E-state index is 0.141. The van der Waals surface area contributed by atoms with Gasteiger partial charge in [-0.05, 0) is 30.7 Å². The number of anilines is 2. The molecule has 0 amide bonds. The van der Waals surface area contributed by atoms with Crippen LogP contribution in [-0.2, 0) is 0 Å². The molecule has 1 aromatic carbocycles. The summed E-state index contributed by atoms with van der Waals surface area (Å²) in [6, 6.07) is 3.31. The Morgan fingerprint density at radius 2 is 2.30 bits per heavy atom. The summed E-state index contributed by atoms with van der Waals surface area (Å²) in [6.07, 6.45) is 3.35. The van der Waals surface area contributed by atoms with Crippen molar-refractivity contribution in [3.8, 4) is 0 Å². The predicted molar refractivity (Wildman–Crippen MR) is 86.0 cm³/mol. The second-order valence-electron chi connectivity index (χ2n) is 4.91. The van der Waals surface area contributed by atoms with Gasteiger partial charge in [-0.25, -0.2) is 4.79 Å². The van der Waals surface area contributed by atoms with Crippen molar-refractivity contribution in [2.45, 2.75) is 37.5 Å². The Bertz CT molecular complexity index is 510. The first kappa shape index (κ1) is 15.3. The molecule has 0 aromatic heterocycles. The van der Waals surface area contributed by atoms with Crippen molar-refractivity contribution in [3.05, 3.63) is 22.7 Å². The van der Waals surface area contributed by atoms with E-state index in [9.17, 15) is 9.90 Å². The van der Waals surface area contributed by atoms with Gasteiger partial charge in [-0.1, -0.05) is 24.9 Å². The Morgan fingerprint density at radius 3 is 2.95 bits per heavy atom. The monoisotopic (exact) mass is 314 g/mol. The summed E-state index contributed by atoms with van der Waals surface area (Å²) in [5, 5.41) is 13.5. The van der Waals surface area contributed by atoms with Gasteiger partial charge in [-0.2, -0.15) is 11.8 Å². The normalized spacial score (nSPS) is 21.9. The summed E-state index contributed by atoms with van der Waals surface area (Å²) < 4.78 is 0. The highest BCUT2D eigenvalue weighted by atomic mass is 35.5. The molecule has 0 aliphatic heterocycles. The Balaban J connectivity index is 2.26. The fourth-order valence-electron chi connectivity index (χ4n) is 2.63. The molecule has 4 N–H and O–H groups in total. The van der Waals surface area contributed by atoms with E-state index in [1.807, 2.05) is 11.8 Å². The molecule has 0 heterocycles. The molecule has 1 fully saturated rings. The fraction of sp³-hybridized carbons (Fsp3) is 0.500. The van der Waals surface area contributed by atoms with Crippen molar-refractivity contribution in [1.82, 2.24) is 0 Å². The van der Waals surface area contributed by atoms with Crippen molar-refractivity contribution in [2.24, 2.45) is 0 Å². The number of rotatable bonds is 5. The quantitative estimate of drug-likeness (QED) is 0.722. The molecule has 2 atom stereocenters. The molecule has 1 aromatic rings. The van der Waals surface area contributed by atoms with Crippen LogP contribution in [0.1, 0.15) is 36.5 Å². The van der Waals surface area contributed by atoms with Gasteiger partial charge in [0, 0.05) is 17.0 Å². The number of nitrogens with two attached hydrogens (primary N) is 1. The van der Waals surface area contributed by atoms with Gasteiger partial charge in [0.1, 0.15) is 0 Å². The van der Waals surface area contributed by atoms with Crippen LogP contribution >= 0.6 is 23.4 Å². The van der Waals surface area contributed by atoms with Crippen LogP contribution in [0, 0.1) is 0 Å². The van der Waals surface area contributed by atoms with Crippen LogP contribution < -0.4 is 11.1 Å². The van der Waals surface area contributed by atoms with E-state index in [0.29, 0.717) is 21.6 Å². The molecular formula is C14H19ClN2O2S. The van der Waals surface area contributed by atoms with Crippen LogP contribution in [0.2, 0.25) is 5.02 Å². The topological polar surface area (TPSA) is 75.3 Å². The molecule has 0 radical (unpaired) electrons. The Kier molecular flexibility index (Phi) is 5.05. The standard InChI is InChI=1S/C14H19ClN2O2S/c1-2-20-12-5-3-4-11(12)17-13-9(14(18)19)6-8(16)7-10(13)15/h6-7,11-12,17H,2-5,16H2,1H3,(H,18,19). The summed E-state index contributed by atoms with van der Waals surface area (Å²) in [6.45, 7) is 2.14. The van der Waals surface area contributed by atoms with E-state index in [2.05, 4.69) is 12.2 Å². The number of halogens is 1. The van der Waals surface area contributed by atoms with E-state index in [1.54, 1.807) is 6.07 Å². The molecule has 20 heavy (non-hydrogen) atoms. The van der Waals surface area contributed by atoms with Gasteiger partial charge in [-0.3, -0.25) is 0 Å². The lowest BCUT2D eigenvalue weighted by Gasteiger charge is -2.23. The number of carboxylic acids is 1. The van der Waals surface area contributed by atoms with E-state index in [4.69, 9.17) is 17.3 Å². The number of nitrogens with one attached hydrogen (secondary N) is 1. The zero-order valence-electron chi connectivity index (χ0n) is 11.4. The van der Waals surface area contributed by atoms with Crippen LogP contribution in [0.3, 0.4) is 0 Å². The first-order chi connectivity index (χ1) is 9.52. The lowest BCUT2D eigenvalue weighted by Crippen LogP contribution is -2.27. The summed E-state index contributed by atoms with van der Waals surface area (Å²) in [5.41, 5.74) is 6.66. The number of carbonyl (C=O) groups is 1. The maximum absolute atomic E-state index is 11.3. The van der Waals surface area contributed by atoms with Gasteiger partial charge in [0.25, 0.3) is 0 Å². The molecule has 0 saturated heterocycles. The van der Waals surface area contributed by atoms with Crippen molar-refractivity contribution >= 4 is 40.7 Å². The third kappa shape index (κ3) is 3.33. The van der Waals surface area contributed by atoms with Crippen LogP contribution in [0.4, 0.5) is 11.4 Å². The first-order valence-electron chi connectivity index (χ1n) is 6.73. The maximum atomic E-state index is 11.3. The Morgan fingerprint density at radius 1 is 1.55 bits per heavy atom. The number of carboxylic acid groups (broad SMARTS) is 1. The second kappa shape index (κ2) is 6.59. The van der Waals surface area contributed by atoms with Crippen LogP contribution in [0.15, 0.2) is 12.1 Å². The summed E-state index contributed by atoms with van der Waals surface area (Å²) in [4.78, 5) is 11.3. The molecule has 4 nitrogen and oxygen atoms in total. The van der Waals surface area contributed by atoms with E-state index in [-0.39, 0.29) is 11.6 Å². The minimum Gasteiger partial charge on any atom is -0.478 e. The third-order valence-electron chi connectivity index (χ3n) is 3.51. The van der Waals surface area contributed by atoms with Crippen molar-refractivity contribution in [2.75, 3.05) is 16.8 Å². The number of benzene rings is 1. The molecule has 1 saturated carbocycles. The number of thioether (sulfide) groups is 1. The first-order valence-corrected chi connectivity index (χ1v) is 8.16. The number of hydrogen-bond acceptors (Lipinski definition) is 4. The SMILES string of the molecule is CCSC1CCCC1Nc1c(Cl)cc(N)cc1C(=O)O. The average Bonchev–Trinajstić information content (AvgIpc) is 2.80. The van der Waals surface area contributed by atoms with Crippen LogP contribution in [0.5, 0.6) is 0 Å². The molecule has 0 bridgehead atoms. The lowest BCUT2D eigenvalue weighted by atomic mass is 10.1. The van der Waals surface area contributed by atoms with Gasteiger partial charge in [0.05, 0.1) is 16.3 Å². The van der Waals surface area contributed by atoms with E-state index in [1.165, 1.54) is 6.07 Å². The van der Waals surface area contributed by atoms with E-state index < -0.39 is 5.97 Å². The van der Waals surface area contributed by atoms with Crippen LogP contribution in [-0.4, -0.2) is 28.1 Å².